The van der Waals surface area contributed by atoms with E-state index >= 15 is 0 Å². The van der Waals surface area contributed by atoms with Crippen LogP contribution in [0.5, 0.6) is 5.88 Å². The van der Waals surface area contributed by atoms with Crippen LogP contribution in [0.2, 0.25) is 0 Å². The molecule has 2 aromatic rings. The molecule has 0 aliphatic carbocycles. The Bertz CT molecular complexity index is 1130. The van der Waals surface area contributed by atoms with Gasteiger partial charge in [-0.3, -0.25) is 10.1 Å². The number of rotatable bonds is 6. The summed E-state index contributed by atoms with van der Waals surface area (Å²) < 4.78 is 82.6. The number of aryl methyl sites for hydroxylation is 1. The highest BCUT2D eigenvalue weighted by Crippen LogP contribution is 2.39. The normalized spacial score (nSPS) is 13.9. The number of aromatic nitrogens is 2. The van der Waals surface area contributed by atoms with Gasteiger partial charge in [-0.1, -0.05) is 12.1 Å². The van der Waals surface area contributed by atoms with Crippen LogP contribution in [0.25, 0.3) is 0 Å². The zero-order chi connectivity index (χ0) is 22.9. The summed E-state index contributed by atoms with van der Waals surface area (Å²) in [5, 5.41) is 18.5. The van der Waals surface area contributed by atoms with E-state index in [4.69, 9.17) is 0 Å². The second-order valence-corrected chi connectivity index (χ2v) is 7.85. The monoisotopic (exact) mass is 448 g/mol. The van der Waals surface area contributed by atoms with Crippen LogP contribution in [0.1, 0.15) is 23.7 Å². The van der Waals surface area contributed by atoms with Crippen molar-refractivity contribution in [1.82, 2.24) is 9.97 Å². The fourth-order valence-electron chi connectivity index (χ4n) is 2.31. The molecule has 160 valence electrons. The Morgan fingerprint density at radius 2 is 1.87 bits per heavy atom. The molecule has 2 rings (SSSR count). The second-order valence-electron chi connectivity index (χ2n) is 5.85. The number of hydrogen-bond donors (Lipinski definition) is 0. The lowest BCUT2D eigenvalue weighted by Gasteiger charge is -2.18. The topological polar surface area (TPSA) is 136 Å². The van der Waals surface area contributed by atoms with E-state index in [0.717, 1.165) is 25.1 Å². The van der Waals surface area contributed by atoms with E-state index in [1.54, 1.807) is 0 Å². The number of nitriles is 1. The van der Waals surface area contributed by atoms with Crippen molar-refractivity contribution in [3.8, 4) is 11.9 Å². The fraction of sp³-hybridized carbons (Fsp3) is 0.312. The molecule has 2 unspecified atom stereocenters. The molecule has 14 heteroatoms. The Morgan fingerprint density at radius 3 is 2.37 bits per heavy atom. The predicted molar refractivity (Wildman–Crippen MR) is 91.5 cm³/mol. The zero-order valence-corrected chi connectivity index (χ0v) is 16.0. The molecule has 0 saturated carbocycles. The van der Waals surface area contributed by atoms with Crippen LogP contribution in [0.3, 0.4) is 0 Å². The van der Waals surface area contributed by atoms with Gasteiger partial charge >= 0.3 is 11.9 Å². The third-order valence-electron chi connectivity index (χ3n) is 3.74. The van der Waals surface area contributed by atoms with E-state index in [9.17, 15) is 41.4 Å². The first-order valence-electron chi connectivity index (χ1n) is 7.95. The van der Waals surface area contributed by atoms with E-state index in [-0.39, 0.29) is 0 Å². The summed E-state index contributed by atoms with van der Waals surface area (Å²) >= 11 is 0. The largest absolute Gasteiger partial charge is 0.460 e. The van der Waals surface area contributed by atoms with E-state index in [0.29, 0.717) is 6.92 Å². The molecule has 1 aromatic carbocycles. The summed E-state index contributed by atoms with van der Waals surface area (Å²) in [5.74, 6) is -2.80. The minimum atomic E-state index is -4.92. The van der Waals surface area contributed by atoms with E-state index in [2.05, 4.69) is 14.7 Å². The SMILES string of the molecule is Cc1nc(OC(C)C(F)(F)F)c([N+](=O)[O-])c(C(C#N)S(=O)(=O)c2ccccc2F)n1. The number of ether oxygens (including phenoxy) is 1. The van der Waals surface area contributed by atoms with Gasteiger partial charge in [0.15, 0.2) is 11.8 Å². The van der Waals surface area contributed by atoms with Gasteiger partial charge < -0.3 is 4.74 Å². The Labute approximate surface area is 167 Å². The maximum absolute atomic E-state index is 14.0. The predicted octanol–water partition coefficient (Wildman–Crippen LogP) is 3.20. The van der Waals surface area contributed by atoms with Gasteiger partial charge in [0.05, 0.1) is 11.0 Å². The van der Waals surface area contributed by atoms with Crippen molar-refractivity contribution in [3.63, 3.8) is 0 Å². The Morgan fingerprint density at radius 1 is 1.27 bits per heavy atom. The molecule has 0 fully saturated rings. The summed E-state index contributed by atoms with van der Waals surface area (Å²) in [4.78, 5) is 16.3. The van der Waals surface area contributed by atoms with E-state index in [1.165, 1.54) is 12.1 Å². The van der Waals surface area contributed by atoms with Crippen LogP contribution in [0, 0.1) is 34.2 Å². The average molecular weight is 448 g/mol. The van der Waals surface area contributed by atoms with Crippen molar-refractivity contribution in [1.29, 1.82) is 5.26 Å². The number of halogens is 4. The molecule has 2 atom stereocenters. The highest BCUT2D eigenvalue weighted by molar-refractivity contribution is 7.92. The molecule has 1 aromatic heterocycles. The van der Waals surface area contributed by atoms with Gasteiger partial charge in [-0.25, -0.2) is 17.8 Å². The third-order valence-corrected chi connectivity index (χ3v) is 5.64. The molecule has 0 saturated heterocycles. The molecule has 0 N–H and O–H groups in total. The average Bonchev–Trinajstić information content (AvgIpc) is 2.60. The van der Waals surface area contributed by atoms with Gasteiger partial charge in [0.25, 0.3) is 5.88 Å². The first-order chi connectivity index (χ1) is 13.8. The number of nitro groups is 1. The first kappa shape index (κ1) is 22.9. The van der Waals surface area contributed by atoms with Crippen molar-refractivity contribution in [2.45, 2.75) is 36.3 Å². The van der Waals surface area contributed by atoms with Crippen LogP contribution in [-0.4, -0.2) is 35.6 Å². The molecule has 30 heavy (non-hydrogen) atoms. The lowest BCUT2D eigenvalue weighted by atomic mass is 10.2. The van der Waals surface area contributed by atoms with Gasteiger partial charge in [0, 0.05) is 0 Å². The maximum Gasteiger partial charge on any atom is 0.425 e. The van der Waals surface area contributed by atoms with Crippen LogP contribution in [0.4, 0.5) is 23.2 Å². The van der Waals surface area contributed by atoms with E-state index < -0.39 is 66.1 Å². The zero-order valence-electron chi connectivity index (χ0n) is 15.2. The molecule has 0 radical (unpaired) electrons. The highest BCUT2D eigenvalue weighted by atomic mass is 32.2. The summed E-state index contributed by atoms with van der Waals surface area (Å²) in [6.07, 6.45) is -7.46. The second kappa shape index (κ2) is 8.19. The number of hydrogen-bond acceptors (Lipinski definition) is 8. The molecule has 0 aliphatic heterocycles. The molecule has 0 spiro atoms. The summed E-state index contributed by atoms with van der Waals surface area (Å²) in [6, 6.07) is 5.25. The number of alkyl halides is 3. The maximum atomic E-state index is 14.0. The number of benzene rings is 1. The molecular formula is C16H12F4N4O5S. The van der Waals surface area contributed by atoms with Crippen molar-refractivity contribution in [2.24, 2.45) is 0 Å². The van der Waals surface area contributed by atoms with Gasteiger partial charge in [0.2, 0.25) is 15.1 Å². The van der Waals surface area contributed by atoms with E-state index in [1.807, 2.05) is 0 Å². The lowest BCUT2D eigenvalue weighted by Crippen LogP contribution is -2.32. The highest BCUT2D eigenvalue weighted by Gasteiger charge is 2.43. The standard InChI is InChI=1S/C16H12F4N4O5S/c1-8(16(18,19)20)29-15-14(24(25)26)13(22-9(2)23-15)12(7-21)30(27,28)11-6-4-3-5-10(11)17/h3-6,8,12H,1-2H3. The van der Waals surface area contributed by atoms with Crippen molar-refractivity contribution in [3.05, 3.63) is 51.7 Å². The molecule has 0 bridgehead atoms. The fourth-order valence-corrected chi connectivity index (χ4v) is 3.77. The van der Waals surface area contributed by atoms with Crippen LogP contribution >= 0.6 is 0 Å². The van der Waals surface area contributed by atoms with Crippen molar-refractivity contribution >= 4 is 15.5 Å². The van der Waals surface area contributed by atoms with Crippen LogP contribution in [0.15, 0.2) is 29.2 Å². The third kappa shape index (κ3) is 4.46. The molecule has 1 heterocycles. The summed E-state index contributed by atoms with van der Waals surface area (Å²) in [5.41, 5.74) is -2.38. The minimum Gasteiger partial charge on any atom is -0.460 e. The van der Waals surface area contributed by atoms with Crippen LogP contribution < -0.4 is 4.74 Å². The summed E-state index contributed by atoms with van der Waals surface area (Å²) in [7, 11) is -4.89. The number of sulfone groups is 1. The number of nitrogens with zero attached hydrogens (tertiary/aromatic N) is 4. The minimum absolute atomic E-state index is 0.399. The van der Waals surface area contributed by atoms with Gasteiger partial charge in [-0.05, 0) is 26.0 Å². The smallest absolute Gasteiger partial charge is 0.425 e. The van der Waals surface area contributed by atoms with Gasteiger partial charge in [0.1, 0.15) is 16.5 Å². The Hall–Kier alpha value is -3.34. The lowest BCUT2D eigenvalue weighted by molar-refractivity contribution is -0.387. The summed E-state index contributed by atoms with van der Waals surface area (Å²) in [6.45, 7) is 1.65. The van der Waals surface area contributed by atoms with Gasteiger partial charge in [-0.15, -0.1) is 0 Å². The van der Waals surface area contributed by atoms with Crippen LogP contribution in [-0.2, 0) is 9.84 Å². The Kier molecular flexibility index (Phi) is 6.26. The molecule has 9 nitrogen and oxygen atoms in total. The molecule has 0 aliphatic rings. The quantitative estimate of drug-likeness (QED) is 0.373. The van der Waals surface area contributed by atoms with Crippen molar-refractivity contribution < 1.29 is 35.6 Å². The van der Waals surface area contributed by atoms with Gasteiger partial charge in [-0.2, -0.15) is 23.4 Å². The molecular weight excluding hydrogens is 436 g/mol. The molecule has 0 amide bonds. The van der Waals surface area contributed by atoms with Crippen molar-refractivity contribution in [2.75, 3.05) is 0 Å². The first-order valence-corrected chi connectivity index (χ1v) is 9.49. The Balaban J connectivity index is 2.75.